The van der Waals surface area contributed by atoms with Gasteiger partial charge in [-0.3, -0.25) is 4.90 Å². The number of hydrogen-bond acceptors (Lipinski definition) is 6. The van der Waals surface area contributed by atoms with Crippen LogP contribution in [0, 0.1) is 0 Å². The molecule has 4 aromatic rings. The van der Waals surface area contributed by atoms with E-state index in [1.165, 1.54) is 5.56 Å². The van der Waals surface area contributed by atoms with Crippen LogP contribution >= 0.6 is 0 Å². The molecule has 0 N–H and O–H groups in total. The van der Waals surface area contributed by atoms with Gasteiger partial charge in [0, 0.05) is 44.0 Å². The Hall–Kier alpha value is -3.45. The van der Waals surface area contributed by atoms with Crippen molar-refractivity contribution in [2.24, 2.45) is 0 Å². The topological polar surface area (TPSA) is 58.8 Å². The predicted octanol–water partition coefficient (Wildman–Crippen LogP) is 3.68. The Balaban J connectivity index is 1.44. The van der Waals surface area contributed by atoms with Crippen molar-refractivity contribution in [3.8, 4) is 16.9 Å². The van der Waals surface area contributed by atoms with Gasteiger partial charge in [-0.05, 0) is 30.2 Å². The SMILES string of the molecule is COc1ccc(-c2cnc3ncnn3c2N2CCN([C@H](C)c3ccccc3)CC2)cc1. The zero-order chi connectivity index (χ0) is 21.2. The van der Waals surface area contributed by atoms with Gasteiger partial charge < -0.3 is 9.64 Å². The number of hydrogen-bond donors (Lipinski definition) is 0. The Kier molecular flexibility index (Phi) is 5.26. The molecule has 2 aromatic heterocycles. The minimum absolute atomic E-state index is 0.397. The highest BCUT2D eigenvalue weighted by atomic mass is 16.5. The number of aromatic nitrogens is 4. The summed E-state index contributed by atoms with van der Waals surface area (Å²) in [5, 5.41) is 4.48. The summed E-state index contributed by atoms with van der Waals surface area (Å²) >= 11 is 0. The molecule has 3 heterocycles. The standard InChI is InChI=1S/C24H26N6O/c1-18(19-6-4-3-5-7-19)28-12-14-29(15-13-28)23-22(16-25-24-26-17-27-30(23)24)20-8-10-21(31-2)11-9-20/h3-11,16-18H,12-15H2,1-2H3/t18-/m1/s1. The number of fused-ring (bicyclic) bond motifs is 1. The van der Waals surface area contributed by atoms with E-state index in [9.17, 15) is 0 Å². The lowest BCUT2D eigenvalue weighted by Crippen LogP contribution is -2.48. The Morgan fingerprint density at radius 2 is 1.65 bits per heavy atom. The monoisotopic (exact) mass is 414 g/mol. The number of benzene rings is 2. The van der Waals surface area contributed by atoms with Crippen molar-refractivity contribution in [1.29, 1.82) is 0 Å². The maximum atomic E-state index is 5.32. The summed E-state index contributed by atoms with van der Waals surface area (Å²) in [4.78, 5) is 13.8. The van der Waals surface area contributed by atoms with Crippen molar-refractivity contribution in [3.05, 3.63) is 72.7 Å². The van der Waals surface area contributed by atoms with Crippen LogP contribution in [0.2, 0.25) is 0 Å². The largest absolute Gasteiger partial charge is 0.497 e. The Morgan fingerprint density at radius 1 is 0.903 bits per heavy atom. The lowest BCUT2D eigenvalue weighted by molar-refractivity contribution is 0.198. The van der Waals surface area contributed by atoms with Gasteiger partial charge >= 0.3 is 0 Å². The molecule has 1 fully saturated rings. The van der Waals surface area contributed by atoms with E-state index < -0.39 is 0 Å². The van der Waals surface area contributed by atoms with E-state index in [1.54, 1.807) is 13.4 Å². The quantitative estimate of drug-likeness (QED) is 0.497. The van der Waals surface area contributed by atoms with E-state index in [-0.39, 0.29) is 0 Å². The lowest BCUT2D eigenvalue weighted by atomic mass is 10.1. The average Bonchev–Trinajstić information content (AvgIpc) is 3.33. The highest BCUT2D eigenvalue weighted by molar-refractivity contribution is 5.77. The van der Waals surface area contributed by atoms with E-state index in [1.807, 2.05) is 22.8 Å². The molecule has 2 aromatic carbocycles. The minimum atomic E-state index is 0.397. The molecule has 0 amide bonds. The van der Waals surface area contributed by atoms with Crippen molar-refractivity contribution < 1.29 is 4.74 Å². The number of piperazine rings is 1. The number of ether oxygens (including phenoxy) is 1. The van der Waals surface area contributed by atoms with Gasteiger partial charge in [0.2, 0.25) is 0 Å². The summed E-state index contributed by atoms with van der Waals surface area (Å²) in [6.07, 6.45) is 3.47. The molecular formula is C24H26N6O. The molecule has 0 unspecified atom stereocenters. The summed E-state index contributed by atoms with van der Waals surface area (Å²) < 4.78 is 7.18. The van der Waals surface area contributed by atoms with Gasteiger partial charge in [0.15, 0.2) is 0 Å². The third-order valence-corrected chi connectivity index (χ3v) is 6.12. The molecule has 0 radical (unpaired) electrons. The van der Waals surface area contributed by atoms with Crippen LogP contribution in [0.3, 0.4) is 0 Å². The van der Waals surface area contributed by atoms with Crippen molar-refractivity contribution in [3.63, 3.8) is 0 Å². The second-order valence-corrected chi connectivity index (χ2v) is 7.81. The van der Waals surface area contributed by atoms with Crippen molar-refractivity contribution in [1.82, 2.24) is 24.5 Å². The molecule has 7 nitrogen and oxygen atoms in total. The Bertz CT molecular complexity index is 1150. The third kappa shape index (κ3) is 3.72. The van der Waals surface area contributed by atoms with Gasteiger partial charge in [0.05, 0.1) is 7.11 Å². The normalized spacial score (nSPS) is 15.9. The summed E-state index contributed by atoms with van der Waals surface area (Å²) in [5.74, 6) is 2.50. The van der Waals surface area contributed by atoms with E-state index >= 15 is 0 Å². The summed E-state index contributed by atoms with van der Waals surface area (Å²) in [6, 6.07) is 19.2. The van der Waals surface area contributed by atoms with Crippen LogP contribution < -0.4 is 9.64 Å². The van der Waals surface area contributed by atoms with Crippen molar-refractivity contribution >= 4 is 11.6 Å². The zero-order valence-electron chi connectivity index (χ0n) is 17.8. The Morgan fingerprint density at radius 3 is 2.35 bits per heavy atom. The average molecular weight is 415 g/mol. The van der Waals surface area contributed by atoms with Crippen LogP contribution in [0.4, 0.5) is 5.82 Å². The molecule has 7 heteroatoms. The molecule has 158 valence electrons. The number of rotatable bonds is 5. The highest BCUT2D eigenvalue weighted by Crippen LogP contribution is 2.33. The van der Waals surface area contributed by atoms with Crippen molar-refractivity contribution in [2.75, 3.05) is 38.2 Å². The minimum Gasteiger partial charge on any atom is -0.497 e. The van der Waals surface area contributed by atoms with E-state index in [2.05, 4.69) is 74.3 Å². The molecular weight excluding hydrogens is 388 g/mol. The molecule has 0 spiro atoms. The van der Waals surface area contributed by atoms with E-state index in [4.69, 9.17) is 4.74 Å². The number of nitrogens with zero attached hydrogens (tertiary/aromatic N) is 6. The van der Waals surface area contributed by atoms with Gasteiger partial charge in [-0.15, -0.1) is 0 Å². The first kappa shape index (κ1) is 19.5. The van der Waals surface area contributed by atoms with Crippen LogP contribution in [0.15, 0.2) is 67.1 Å². The predicted molar refractivity (Wildman–Crippen MR) is 121 cm³/mol. The lowest BCUT2D eigenvalue weighted by Gasteiger charge is -2.39. The fourth-order valence-corrected chi connectivity index (χ4v) is 4.31. The summed E-state index contributed by atoms with van der Waals surface area (Å²) in [7, 11) is 1.68. The third-order valence-electron chi connectivity index (χ3n) is 6.12. The number of anilines is 1. The van der Waals surface area contributed by atoms with E-state index in [0.717, 1.165) is 48.9 Å². The second-order valence-electron chi connectivity index (χ2n) is 7.81. The zero-order valence-corrected chi connectivity index (χ0v) is 17.8. The van der Waals surface area contributed by atoms with Gasteiger partial charge in [-0.2, -0.15) is 14.6 Å². The molecule has 1 saturated heterocycles. The van der Waals surface area contributed by atoms with Crippen molar-refractivity contribution in [2.45, 2.75) is 13.0 Å². The summed E-state index contributed by atoms with van der Waals surface area (Å²) in [5.41, 5.74) is 3.49. The second kappa shape index (κ2) is 8.35. The highest BCUT2D eigenvalue weighted by Gasteiger charge is 2.26. The molecule has 0 saturated carbocycles. The molecule has 0 aliphatic carbocycles. The fourth-order valence-electron chi connectivity index (χ4n) is 4.31. The molecule has 1 aliphatic heterocycles. The fraction of sp³-hybridized carbons (Fsp3) is 0.292. The first-order valence-corrected chi connectivity index (χ1v) is 10.6. The van der Waals surface area contributed by atoms with Gasteiger partial charge in [0.25, 0.3) is 5.78 Å². The van der Waals surface area contributed by atoms with Gasteiger partial charge in [-0.1, -0.05) is 42.5 Å². The molecule has 31 heavy (non-hydrogen) atoms. The molecule has 5 rings (SSSR count). The van der Waals surface area contributed by atoms with Crippen LogP contribution in [0.5, 0.6) is 5.75 Å². The number of methoxy groups -OCH3 is 1. The molecule has 1 atom stereocenters. The maximum absolute atomic E-state index is 5.32. The molecule has 0 bridgehead atoms. The van der Waals surface area contributed by atoms with Gasteiger partial charge in [0.1, 0.15) is 17.9 Å². The van der Waals surface area contributed by atoms with Gasteiger partial charge in [-0.25, -0.2) is 4.98 Å². The van der Waals surface area contributed by atoms with Crippen LogP contribution in [-0.4, -0.2) is 57.8 Å². The van der Waals surface area contributed by atoms with Crippen LogP contribution in [0.25, 0.3) is 16.9 Å². The van der Waals surface area contributed by atoms with Crippen LogP contribution in [0.1, 0.15) is 18.5 Å². The summed E-state index contributed by atoms with van der Waals surface area (Å²) in [6.45, 7) is 6.09. The first-order valence-electron chi connectivity index (χ1n) is 10.6. The first-order chi connectivity index (χ1) is 15.2. The maximum Gasteiger partial charge on any atom is 0.254 e. The van der Waals surface area contributed by atoms with Crippen LogP contribution in [-0.2, 0) is 0 Å². The molecule has 1 aliphatic rings. The Labute approximate surface area is 181 Å². The smallest absolute Gasteiger partial charge is 0.254 e. The van der Waals surface area contributed by atoms with E-state index in [0.29, 0.717) is 11.8 Å².